The van der Waals surface area contributed by atoms with E-state index in [2.05, 4.69) is 0 Å². The number of hydrogen-bond acceptors (Lipinski definition) is 2. The molecule has 0 bridgehead atoms. The zero-order chi connectivity index (χ0) is 6.69. The Kier molecular flexibility index (Phi) is 1.86. The molecular formula is C7H9NO. The third-order valence-electron chi connectivity index (χ3n) is 1.53. The molecule has 0 aromatic heterocycles. The first kappa shape index (κ1) is 6.31. The van der Waals surface area contributed by atoms with E-state index in [1.807, 2.05) is 12.1 Å². The average Bonchev–Trinajstić information content (AvgIpc) is 1.89. The molecule has 0 aliphatic heterocycles. The maximum atomic E-state index is 9.08. The monoisotopic (exact) mass is 123 g/mol. The summed E-state index contributed by atoms with van der Waals surface area (Å²) in [6.07, 6.45) is 4.03. The van der Waals surface area contributed by atoms with Crippen LogP contribution in [0, 0.1) is 11.3 Å². The van der Waals surface area contributed by atoms with E-state index in [1.165, 1.54) is 0 Å². The van der Waals surface area contributed by atoms with Gasteiger partial charge in [0.15, 0.2) is 0 Å². The molecule has 48 valence electrons. The maximum Gasteiger partial charge on any atom is 0.0971 e. The molecule has 2 nitrogen and oxygen atoms in total. The van der Waals surface area contributed by atoms with Gasteiger partial charge in [0.1, 0.15) is 0 Å². The molecular weight excluding hydrogens is 114 g/mol. The Labute approximate surface area is 54.4 Å². The highest BCUT2D eigenvalue weighted by molar-refractivity contribution is 5.26. The number of allylic oxidation sites excluding steroid dienone is 1. The zero-order valence-electron chi connectivity index (χ0n) is 5.17. The summed E-state index contributed by atoms with van der Waals surface area (Å²) in [7, 11) is 0. The highest BCUT2D eigenvalue weighted by atomic mass is 16.3. The molecule has 0 unspecified atom stereocenters. The van der Waals surface area contributed by atoms with Gasteiger partial charge in [-0.05, 0) is 19.3 Å². The van der Waals surface area contributed by atoms with Crippen LogP contribution in [0.15, 0.2) is 11.6 Å². The fourth-order valence-electron chi connectivity index (χ4n) is 0.980. The molecule has 0 aromatic rings. The standard InChI is InChI=1S/C7H9NO/c8-5-6-3-1-2-4-7(6)9/h3,7,9H,1-2,4H2/t7-/m0/s1. The van der Waals surface area contributed by atoms with Crippen LogP contribution in [0.1, 0.15) is 19.3 Å². The molecule has 0 spiro atoms. The van der Waals surface area contributed by atoms with E-state index in [-0.39, 0.29) is 0 Å². The first-order valence-electron chi connectivity index (χ1n) is 3.13. The smallest absolute Gasteiger partial charge is 0.0971 e. The van der Waals surface area contributed by atoms with Gasteiger partial charge in [0, 0.05) is 0 Å². The first-order valence-corrected chi connectivity index (χ1v) is 3.13. The predicted molar refractivity (Wildman–Crippen MR) is 33.6 cm³/mol. The quantitative estimate of drug-likeness (QED) is 0.521. The lowest BCUT2D eigenvalue weighted by Crippen LogP contribution is -2.11. The summed E-state index contributed by atoms with van der Waals surface area (Å²) < 4.78 is 0. The van der Waals surface area contributed by atoms with Gasteiger partial charge in [0.05, 0.1) is 17.7 Å². The van der Waals surface area contributed by atoms with Gasteiger partial charge in [-0.3, -0.25) is 0 Å². The van der Waals surface area contributed by atoms with Gasteiger partial charge in [0.2, 0.25) is 0 Å². The van der Waals surface area contributed by atoms with E-state index in [1.54, 1.807) is 0 Å². The summed E-state index contributed by atoms with van der Waals surface area (Å²) in [4.78, 5) is 0. The molecule has 0 fully saturated rings. The molecule has 1 N–H and O–H groups in total. The average molecular weight is 123 g/mol. The minimum Gasteiger partial charge on any atom is -0.388 e. The summed E-state index contributed by atoms with van der Waals surface area (Å²) >= 11 is 0. The molecule has 0 saturated carbocycles. The Morgan fingerprint density at radius 2 is 2.56 bits per heavy atom. The number of aliphatic hydroxyl groups excluding tert-OH is 1. The Morgan fingerprint density at radius 1 is 1.78 bits per heavy atom. The Balaban J connectivity index is 2.67. The van der Waals surface area contributed by atoms with Crippen LogP contribution in [0.5, 0.6) is 0 Å². The fraction of sp³-hybridized carbons (Fsp3) is 0.571. The lowest BCUT2D eigenvalue weighted by molar-refractivity contribution is 0.196. The van der Waals surface area contributed by atoms with Gasteiger partial charge in [0.25, 0.3) is 0 Å². The maximum absolute atomic E-state index is 9.08. The van der Waals surface area contributed by atoms with Crippen LogP contribution in [-0.2, 0) is 0 Å². The van der Waals surface area contributed by atoms with Crippen molar-refractivity contribution in [3.63, 3.8) is 0 Å². The predicted octanol–water partition coefficient (Wildman–Crippen LogP) is 0.981. The lowest BCUT2D eigenvalue weighted by Gasteiger charge is -2.12. The van der Waals surface area contributed by atoms with E-state index in [0.717, 1.165) is 19.3 Å². The molecule has 9 heavy (non-hydrogen) atoms. The summed E-state index contributed by atoms with van der Waals surface area (Å²) in [6.45, 7) is 0. The molecule has 1 rings (SSSR count). The van der Waals surface area contributed by atoms with E-state index < -0.39 is 6.10 Å². The molecule has 1 aliphatic rings. The summed E-state index contributed by atoms with van der Waals surface area (Å²) in [5.74, 6) is 0. The minimum atomic E-state index is -0.483. The topological polar surface area (TPSA) is 44.0 Å². The molecule has 0 aromatic carbocycles. The van der Waals surface area contributed by atoms with Gasteiger partial charge in [-0.25, -0.2) is 0 Å². The van der Waals surface area contributed by atoms with Crippen molar-refractivity contribution in [3.05, 3.63) is 11.6 Å². The molecule has 0 saturated heterocycles. The second-order valence-electron chi connectivity index (χ2n) is 2.22. The van der Waals surface area contributed by atoms with Crippen molar-refractivity contribution >= 4 is 0 Å². The SMILES string of the molecule is N#CC1=CCCC[C@@H]1O. The molecule has 2 heteroatoms. The van der Waals surface area contributed by atoms with Crippen LogP contribution < -0.4 is 0 Å². The van der Waals surface area contributed by atoms with Crippen molar-refractivity contribution in [2.45, 2.75) is 25.4 Å². The van der Waals surface area contributed by atoms with Gasteiger partial charge in [-0.15, -0.1) is 0 Å². The first-order chi connectivity index (χ1) is 4.34. The Bertz CT molecular complexity index is 166. The van der Waals surface area contributed by atoms with Crippen LogP contribution in [0.3, 0.4) is 0 Å². The van der Waals surface area contributed by atoms with Crippen molar-refractivity contribution in [1.82, 2.24) is 0 Å². The number of nitriles is 1. The number of rotatable bonds is 0. The second-order valence-corrected chi connectivity index (χ2v) is 2.22. The van der Waals surface area contributed by atoms with Crippen LogP contribution >= 0.6 is 0 Å². The number of aliphatic hydroxyl groups is 1. The van der Waals surface area contributed by atoms with Crippen LogP contribution in [0.2, 0.25) is 0 Å². The summed E-state index contributed by atoms with van der Waals surface area (Å²) in [5, 5.41) is 17.5. The van der Waals surface area contributed by atoms with E-state index in [9.17, 15) is 0 Å². The Morgan fingerprint density at radius 3 is 3.00 bits per heavy atom. The van der Waals surface area contributed by atoms with Crippen LogP contribution in [0.4, 0.5) is 0 Å². The minimum absolute atomic E-state index is 0.483. The third kappa shape index (κ3) is 1.30. The van der Waals surface area contributed by atoms with Gasteiger partial charge < -0.3 is 5.11 Å². The highest BCUT2D eigenvalue weighted by Gasteiger charge is 2.12. The van der Waals surface area contributed by atoms with Crippen LogP contribution in [-0.4, -0.2) is 11.2 Å². The third-order valence-corrected chi connectivity index (χ3v) is 1.53. The van der Waals surface area contributed by atoms with Crippen molar-refractivity contribution in [3.8, 4) is 6.07 Å². The van der Waals surface area contributed by atoms with Crippen molar-refractivity contribution in [2.75, 3.05) is 0 Å². The molecule has 1 aliphatic carbocycles. The number of nitrogens with zero attached hydrogens (tertiary/aromatic N) is 1. The van der Waals surface area contributed by atoms with Crippen molar-refractivity contribution < 1.29 is 5.11 Å². The summed E-state index contributed by atoms with van der Waals surface area (Å²) in [6, 6.07) is 1.96. The van der Waals surface area contributed by atoms with Crippen molar-refractivity contribution in [1.29, 1.82) is 5.26 Å². The van der Waals surface area contributed by atoms with E-state index in [4.69, 9.17) is 10.4 Å². The van der Waals surface area contributed by atoms with Crippen molar-refractivity contribution in [2.24, 2.45) is 0 Å². The second kappa shape index (κ2) is 2.65. The zero-order valence-corrected chi connectivity index (χ0v) is 5.17. The molecule has 0 radical (unpaired) electrons. The normalized spacial score (nSPS) is 26.7. The van der Waals surface area contributed by atoms with Crippen LogP contribution in [0.25, 0.3) is 0 Å². The molecule has 0 heterocycles. The van der Waals surface area contributed by atoms with E-state index in [0.29, 0.717) is 5.57 Å². The molecule has 0 amide bonds. The largest absolute Gasteiger partial charge is 0.388 e. The summed E-state index contributed by atoms with van der Waals surface area (Å²) in [5.41, 5.74) is 0.543. The van der Waals surface area contributed by atoms with Gasteiger partial charge in [-0.2, -0.15) is 5.26 Å². The molecule has 1 atom stereocenters. The lowest BCUT2D eigenvalue weighted by atomic mass is 9.98. The highest BCUT2D eigenvalue weighted by Crippen LogP contribution is 2.16. The fourth-order valence-corrected chi connectivity index (χ4v) is 0.980. The van der Waals surface area contributed by atoms with Gasteiger partial charge in [-0.1, -0.05) is 6.08 Å². The Hall–Kier alpha value is -0.810. The van der Waals surface area contributed by atoms with E-state index >= 15 is 0 Å². The van der Waals surface area contributed by atoms with Gasteiger partial charge >= 0.3 is 0 Å². The number of hydrogen-bond donors (Lipinski definition) is 1.